The molecule has 12 N–H and O–H groups in total. The van der Waals surface area contributed by atoms with Crippen LogP contribution >= 0.6 is 0 Å². The van der Waals surface area contributed by atoms with Gasteiger partial charge in [0.15, 0.2) is 18.9 Å². The lowest BCUT2D eigenvalue weighted by Gasteiger charge is -2.68. The summed E-state index contributed by atoms with van der Waals surface area (Å²) in [4.78, 5) is 37.9. The third-order valence-corrected chi connectivity index (χ3v) is 19.2. The van der Waals surface area contributed by atoms with Crippen LogP contribution in [0.3, 0.4) is 0 Å². The Bertz CT molecular complexity index is 1980. The van der Waals surface area contributed by atoms with Crippen molar-refractivity contribution in [2.24, 2.45) is 50.7 Å². The molecule has 8 aliphatic rings. The van der Waals surface area contributed by atoms with E-state index < -0.39 is 128 Å². The summed E-state index contributed by atoms with van der Waals surface area (Å²) in [6.45, 7) is 10.6. The predicted molar refractivity (Wildman–Crippen MR) is 246 cm³/mol. The molecule has 0 aromatic heterocycles. The number of carbonyl (C=O) groups is 3. The van der Waals surface area contributed by atoms with Gasteiger partial charge in [-0.2, -0.15) is 0 Å². The average molecular weight is 1010 g/mol. The van der Waals surface area contributed by atoms with Crippen molar-refractivity contribution in [3.63, 3.8) is 0 Å². The van der Waals surface area contributed by atoms with Gasteiger partial charge in [0, 0.05) is 5.41 Å². The standard InChI is InChI=1S/C50H80N2O19/c1-23-34(58)37(61)39(63)42(67-23)71-41-36(60)28(69-43-40(64)38(62)35(59)27(20-53)68-43)21-66-44(41)70-31-11-13-48(5)29-8-7-24-25(47(29,4)12-10-30(48)49(31,6)22-54)9-14-50(16-15-46(2,3)17-26(24)50)45(65)52-18-32(55)51-19-33(56)57/h7,23,25-31,34-44,53-54,58-64H,8-22H2,1-6H3,(H,51,55)(H,52,65)(H,56,57)/t23-,25?,26-,27+,28-,29-,30+,31-,34-,35+,36-,37+,38-,39+,40+,41+,42-,43-,44-,47-,48+,49-,50+/m0/s1. The van der Waals surface area contributed by atoms with E-state index in [0.29, 0.717) is 19.3 Å². The number of nitrogens with one attached hydrogen (secondary N) is 2. The van der Waals surface area contributed by atoms with Gasteiger partial charge in [-0.15, -0.1) is 0 Å². The highest BCUT2D eigenvalue weighted by Gasteiger charge is 2.67. The highest BCUT2D eigenvalue weighted by atomic mass is 16.8. The van der Waals surface area contributed by atoms with Crippen LogP contribution in [0.2, 0.25) is 0 Å². The summed E-state index contributed by atoms with van der Waals surface area (Å²) in [6.07, 6.45) is -12.4. The first-order chi connectivity index (χ1) is 33.3. The maximum absolute atomic E-state index is 14.3. The van der Waals surface area contributed by atoms with Gasteiger partial charge in [-0.1, -0.05) is 46.3 Å². The summed E-state index contributed by atoms with van der Waals surface area (Å²) < 4.78 is 36.6. The fraction of sp³-hybridized carbons (Fsp3) is 0.900. The first-order valence-electron chi connectivity index (χ1n) is 25.7. The highest BCUT2D eigenvalue weighted by Crippen LogP contribution is 2.72. The molecule has 3 aliphatic heterocycles. The van der Waals surface area contributed by atoms with Crippen molar-refractivity contribution in [2.75, 3.05) is 32.9 Å². The Morgan fingerprint density at radius 2 is 1.37 bits per heavy atom. The number of aliphatic hydroxyl groups is 9. The average Bonchev–Trinajstić information content (AvgIpc) is 3.33. The number of carbonyl (C=O) groups excluding carboxylic acids is 2. The van der Waals surface area contributed by atoms with E-state index in [2.05, 4.69) is 44.4 Å². The number of rotatable bonds is 13. The number of aliphatic hydroxyl groups excluding tert-OH is 9. The number of carboxylic acid groups (broad SMARTS) is 1. The van der Waals surface area contributed by atoms with Gasteiger partial charge in [-0.05, 0) is 111 Å². The van der Waals surface area contributed by atoms with Crippen LogP contribution in [0.5, 0.6) is 0 Å². The number of amides is 2. The van der Waals surface area contributed by atoms with Crippen molar-refractivity contribution in [1.82, 2.24) is 10.6 Å². The monoisotopic (exact) mass is 1010 g/mol. The highest BCUT2D eigenvalue weighted by molar-refractivity contribution is 5.89. The Kier molecular flexibility index (Phi) is 15.9. The van der Waals surface area contributed by atoms with Crippen LogP contribution in [0.15, 0.2) is 11.6 Å². The molecule has 23 atom stereocenters. The molecule has 71 heavy (non-hydrogen) atoms. The van der Waals surface area contributed by atoms with E-state index in [-0.39, 0.29) is 65.6 Å². The molecule has 21 nitrogen and oxygen atoms in total. The zero-order valence-electron chi connectivity index (χ0n) is 41.8. The lowest BCUT2D eigenvalue weighted by atomic mass is 9.37. The van der Waals surface area contributed by atoms with E-state index >= 15 is 0 Å². The first kappa shape index (κ1) is 54.8. The van der Waals surface area contributed by atoms with Gasteiger partial charge in [0.2, 0.25) is 11.8 Å². The van der Waals surface area contributed by atoms with E-state index in [1.165, 1.54) is 12.5 Å². The normalized spacial score (nSPS) is 49.5. The fourth-order valence-corrected chi connectivity index (χ4v) is 15.0. The third-order valence-electron chi connectivity index (χ3n) is 19.2. The summed E-state index contributed by atoms with van der Waals surface area (Å²) in [5.74, 6) is -1.53. The summed E-state index contributed by atoms with van der Waals surface area (Å²) in [5.41, 5.74) is -0.627. The quantitative estimate of drug-likeness (QED) is 0.0793. The summed E-state index contributed by atoms with van der Waals surface area (Å²) in [6, 6.07) is 0. The Labute approximate surface area is 414 Å². The molecule has 1 unspecified atom stereocenters. The topological polar surface area (TPSA) is 333 Å². The van der Waals surface area contributed by atoms with Crippen LogP contribution in [0.25, 0.3) is 0 Å². The van der Waals surface area contributed by atoms with Gasteiger partial charge in [-0.25, -0.2) is 0 Å². The number of ether oxygens (including phenoxy) is 6. The molecule has 0 spiro atoms. The third kappa shape index (κ3) is 9.75. The molecule has 7 fully saturated rings. The number of hydrogen-bond donors (Lipinski definition) is 12. The van der Waals surface area contributed by atoms with Crippen molar-refractivity contribution in [2.45, 2.75) is 198 Å². The largest absolute Gasteiger partial charge is 0.480 e. The molecular formula is C50H80N2O19. The molecule has 0 aromatic rings. The SMILES string of the molecule is C[C@@H]1O[C@@H](O[C@H]2[C@H](O[C@H]3CC[C@@]4(C)[C@@H](CC[C@@]5(C)C6CC[C@@]7(C(=O)NCC(=O)NCC(=O)O)CCC(C)(C)C[C@H]7C6=CC[C@H]45)[C@]3(C)CO)OC[C@H](O[C@@H]3O[C@H](CO)[C@@H](O)[C@H](O)[C@H]3O)[C@@H]2O)[C@H](O)[C@H](O)[C@H]1O. The maximum atomic E-state index is 14.3. The van der Waals surface area contributed by atoms with E-state index in [1.54, 1.807) is 0 Å². The summed E-state index contributed by atoms with van der Waals surface area (Å²) >= 11 is 0. The van der Waals surface area contributed by atoms with Crippen LogP contribution in [-0.2, 0) is 42.8 Å². The molecule has 21 heteroatoms. The summed E-state index contributed by atoms with van der Waals surface area (Å²) in [7, 11) is 0. The van der Waals surface area contributed by atoms with Gasteiger partial charge in [0.1, 0.15) is 67.6 Å². The Balaban J connectivity index is 1.02. The van der Waals surface area contributed by atoms with Crippen LogP contribution in [0, 0.1) is 50.7 Å². The predicted octanol–water partition coefficient (Wildman–Crippen LogP) is -0.812. The van der Waals surface area contributed by atoms with Crippen molar-refractivity contribution in [3.05, 3.63) is 11.6 Å². The molecule has 404 valence electrons. The first-order valence-corrected chi connectivity index (χ1v) is 25.7. The van der Waals surface area contributed by atoms with Gasteiger partial charge in [0.25, 0.3) is 0 Å². The van der Waals surface area contributed by atoms with Crippen LogP contribution in [-0.4, -0.2) is 194 Å². The zero-order valence-corrected chi connectivity index (χ0v) is 41.8. The lowest BCUT2D eigenvalue weighted by molar-refractivity contribution is -0.381. The number of allylic oxidation sites excluding steroid dienone is 2. The van der Waals surface area contributed by atoms with Gasteiger partial charge in [0.05, 0.1) is 44.0 Å². The molecule has 0 bridgehead atoms. The smallest absolute Gasteiger partial charge is 0.322 e. The van der Waals surface area contributed by atoms with E-state index in [4.69, 9.17) is 33.5 Å². The number of carboxylic acids is 1. The second-order valence-corrected chi connectivity index (χ2v) is 23.8. The van der Waals surface area contributed by atoms with E-state index in [9.17, 15) is 60.3 Å². The van der Waals surface area contributed by atoms with E-state index in [0.717, 1.165) is 44.9 Å². The molecule has 3 saturated heterocycles. The molecule has 5 aliphatic carbocycles. The fourth-order valence-electron chi connectivity index (χ4n) is 15.0. The summed E-state index contributed by atoms with van der Waals surface area (Å²) in [5, 5.41) is 111. The minimum atomic E-state index is -1.79. The number of fused-ring (bicyclic) bond motifs is 7. The van der Waals surface area contributed by atoms with Crippen molar-refractivity contribution >= 4 is 17.8 Å². The molecule has 0 aromatic carbocycles. The molecule has 3 heterocycles. The second-order valence-electron chi connectivity index (χ2n) is 23.8. The molecular weight excluding hydrogens is 933 g/mol. The Morgan fingerprint density at radius 1 is 0.690 bits per heavy atom. The van der Waals surface area contributed by atoms with Crippen LogP contribution < -0.4 is 10.6 Å². The minimum Gasteiger partial charge on any atom is -0.480 e. The van der Waals surface area contributed by atoms with Crippen LogP contribution in [0.4, 0.5) is 0 Å². The zero-order chi connectivity index (χ0) is 51.7. The lowest BCUT2D eigenvalue weighted by Crippen LogP contribution is -2.66. The van der Waals surface area contributed by atoms with Crippen molar-refractivity contribution in [3.8, 4) is 0 Å². The number of hydrogen-bond acceptors (Lipinski definition) is 18. The molecule has 0 radical (unpaired) electrons. The minimum absolute atomic E-state index is 0.00939. The van der Waals surface area contributed by atoms with Gasteiger partial charge >= 0.3 is 5.97 Å². The van der Waals surface area contributed by atoms with Crippen molar-refractivity contribution in [1.29, 1.82) is 0 Å². The maximum Gasteiger partial charge on any atom is 0.322 e. The van der Waals surface area contributed by atoms with E-state index in [1.807, 2.05) is 6.92 Å². The molecule has 4 saturated carbocycles. The number of aliphatic carboxylic acids is 1. The Morgan fingerprint density at radius 3 is 2.04 bits per heavy atom. The Hall–Kier alpha value is -2.45. The molecule has 8 rings (SSSR count). The van der Waals surface area contributed by atoms with Crippen LogP contribution in [0.1, 0.15) is 106 Å². The van der Waals surface area contributed by atoms with Gasteiger partial charge in [-0.3, -0.25) is 14.4 Å². The molecule has 2 amide bonds. The van der Waals surface area contributed by atoms with Crippen molar-refractivity contribution < 1.29 is 93.9 Å². The second kappa shape index (κ2) is 20.6. The van der Waals surface area contributed by atoms with Gasteiger partial charge < -0.3 is 90.1 Å².